The molecule has 1 saturated heterocycles. The van der Waals surface area contributed by atoms with Crippen molar-refractivity contribution in [3.05, 3.63) is 66.4 Å². The molecule has 30 heavy (non-hydrogen) atoms. The minimum Gasteiger partial charge on any atom is -0.497 e. The van der Waals surface area contributed by atoms with Crippen molar-refractivity contribution in [3.8, 4) is 22.7 Å². The Morgan fingerprint density at radius 2 is 1.90 bits per heavy atom. The smallest absolute Gasteiger partial charge is 0.227 e. The summed E-state index contributed by atoms with van der Waals surface area (Å²) in [6.07, 6.45) is 2.30. The van der Waals surface area contributed by atoms with Crippen LogP contribution in [0.1, 0.15) is 12.5 Å². The summed E-state index contributed by atoms with van der Waals surface area (Å²) in [5.74, 6) is 0.935. The van der Waals surface area contributed by atoms with E-state index in [1.54, 1.807) is 7.11 Å². The van der Waals surface area contributed by atoms with Crippen molar-refractivity contribution < 1.29 is 9.53 Å². The van der Waals surface area contributed by atoms with Gasteiger partial charge >= 0.3 is 0 Å². The van der Waals surface area contributed by atoms with Crippen LogP contribution in [0.4, 0.5) is 0 Å². The van der Waals surface area contributed by atoms with E-state index in [0.29, 0.717) is 6.42 Å². The lowest BCUT2D eigenvalue weighted by molar-refractivity contribution is -0.133. The second kappa shape index (κ2) is 9.78. The zero-order valence-electron chi connectivity index (χ0n) is 17.2. The van der Waals surface area contributed by atoms with E-state index in [0.717, 1.165) is 47.9 Å². The zero-order chi connectivity index (χ0) is 20.2. The van der Waals surface area contributed by atoms with Crippen LogP contribution in [-0.4, -0.2) is 53.4 Å². The molecule has 1 aliphatic heterocycles. The van der Waals surface area contributed by atoms with Crippen LogP contribution in [0.5, 0.6) is 5.75 Å². The topological polar surface area (TPSA) is 59.4 Å². The van der Waals surface area contributed by atoms with E-state index in [2.05, 4.69) is 12.2 Å². The van der Waals surface area contributed by atoms with Crippen LogP contribution < -0.4 is 10.1 Å². The Balaban J connectivity index is 0.00000256. The number of hydrogen-bond donors (Lipinski definition) is 1. The van der Waals surface area contributed by atoms with Gasteiger partial charge in [-0.15, -0.1) is 12.4 Å². The summed E-state index contributed by atoms with van der Waals surface area (Å²) >= 11 is 0. The number of carbonyl (C=O) groups excluding carboxylic acids is 1. The molecule has 2 heterocycles. The van der Waals surface area contributed by atoms with Crippen molar-refractivity contribution in [2.24, 2.45) is 0 Å². The number of carbonyl (C=O) groups is 1. The molecule has 4 rings (SSSR count). The lowest BCUT2D eigenvalue weighted by atomic mass is 10.0. The minimum atomic E-state index is 0. The Hall–Kier alpha value is -2.83. The number of hydrogen-bond acceptors (Lipinski definition) is 4. The molecule has 0 bridgehead atoms. The number of amides is 1. The molecule has 1 atom stereocenters. The zero-order valence-corrected chi connectivity index (χ0v) is 18.1. The van der Waals surface area contributed by atoms with Gasteiger partial charge in [-0.25, -0.2) is 4.68 Å². The summed E-state index contributed by atoms with van der Waals surface area (Å²) in [7, 11) is 1.65. The lowest BCUT2D eigenvalue weighted by Crippen LogP contribution is -2.52. The number of para-hydroxylation sites is 1. The molecule has 2 aromatic carbocycles. The van der Waals surface area contributed by atoms with E-state index in [1.807, 2.05) is 70.4 Å². The van der Waals surface area contributed by atoms with Crippen molar-refractivity contribution in [1.29, 1.82) is 0 Å². The van der Waals surface area contributed by atoms with Gasteiger partial charge in [0.2, 0.25) is 5.91 Å². The summed E-state index contributed by atoms with van der Waals surface area (Å²) in [6.45, 7) is 4.50. The number of methoxy groups -OCH3 is 1. The van der Waals surface area contributed by atoms with E-state index in [9.17, 15) is 4.79 Å². The first-order valence-electron chi connectivity index (χ1n) is 9.94. The van der Waals surface area contributed by atoms with Gasteiger partial charge < -0.3 is 15.0 Å². The van der Waals surface area contributed by atoms with Gasteiger partial charge in [0.1, 0.15) is 5.75 Å². The molecule has 0 saturated carbocycles. The predicted octanol–water partition coefficient (Wildman–Crippen LogP) is 3.33. The molecular weight excluding hydrogens is 400 g/mol. The second-order valence-corrected chi connectivity index (χ2v) is 7.33. The number of ether oxygens (including phenoxy) is 1. The standard InChI is InChI=1S/C23H26N4O2.ClH/c1-17-15-24-12-13-26(17)22(28)14-19-16-27(20-6-4-3-5-7-20)25-23(19)18-8-10-21(29-2)11-9-18;/h3-11,16-17,24H,12-15H2,1-2H3;1H. The van der Waals surface area contributed by atoms with Gasteiger partial charge in [-0.2, -0.15) is 5.10 Å². The predicted molar refractivity (Wildman–Crippen MR) is 121 cm³/mol. The van der Waals surface area contributed by atoms with Crippen LogP contribution in [-0.2, 0) is 11.2 Å². The Labute approximate surface area is 183 Å². The van der Waals surface area contributed by atoms with Crippen molar-refractivity contribution in [2.45, 2.75) is 19.4 Å². The highest BCUT2D eigenvalue weighted by Gasteiger charge is 2.25. The summed E-state index contributed by atoms with van der Waals surface area (Å²) in [6, 6.07) is 18.0. The lowest BCUT2D eigenvalue weighted by Gasteiger charge is -2.34. The minimum absolute atomic E-state index is 0. The highest BCUT2D eigenvalue weighted by Crippen LogP contribution is 2.27. The van der Waals surface area contributed by atoms with E-state index in [1.165, 1.54) is 0 Å². The molecule has 1 aliphatic rings. The molecule has 1 amide bonds. The Kier molecular flexibility index (Phi) is 7.13. The van der Waals surface area contributed by atoms with Gasteiger partial charge in [0.05, 0.1) is 24.9 Å². The molecule has 1 N–H and O–H groups in total. The maximum absolute atomic E-state index is 13.0. The normalized spacial score (nSPS) is 16.1. The van der Waals surface area contributed by atoms with E-state index < -0.39 is 0 Å². The van der Waals surface area contributed by atoms with E-state index in [-0.39, 0.29) is 24.4 Å². The number of halogens is 1. The Morgan fingerprint density at radius 3 is 2.57 bits per heavy atom. The third-order valence-electron chi connectivity index (χ3n) is 5.34. The van der Waals surface area contributed by atoms with Gasteiger partial charge in [0.25, 0.3) is 0 Å². The molecule has 158 valence electrons. The Morgan fingerprint density at radius 1 is 1.17 bits per heavy atom. The molecule has 1 unspecified atom stereocenters. The summed E-state index contributed by atoms with van der Waals surface area (Å²) < 4.78 is 7.12. The van der Waals surface area contributed by atoms with Crippen LogP contribution >= 0.6 is 12.4 Å². The van der Waals surface area contributed by atoms with Crippen molar-refractivity contribution in [3.63, 3.8) is 0 Å². The SMILES string of the molecule is COc1ccc(-c2nn(-c3ccccc3)cc2CC(=O)N2CCNCC2C)cc1.Cl. The fourth-order valence-corrected chi connectivity index (χ4v) is 3.72. The van der Waals surface area contributed by atoms with Crippen LogP contribution in [0.2, 0.25) is 0 Å². The number of benzene rings is 2. The molecule has 6 nitrogen and oxygen atoms in total. The first-order chi connectivity index (χ1) is 14.2. The highest BCUT2D eigenvalue weighted by molar-refractivity contribution is 5.85. The Bertz CT molecular complexity index is 973. The van der Waals surface area contributed by atoms with Gasteiger partial charge in [-0.1, -0.05) is 18.2 Å². The molecule has 0 spiro atoms. The van der Waals surface area contributed by atoms with Crippen LogP contribution in [0.3, 0.4) is 0 Å². The number of nitrogens with one attached hydrogen (secondary N) is 1. The van der Waals surface area contributed by atoms with Crippen molar-refractivity contribution >= 4 is 18.3 Å². The highest BCUT2D eigenvalue weighted by atomic mass is 35.5. The number of rotatable bonds is 5. The molecule has 0 radical (unpaired) electrons. The van der Waals surface area contributed by atoms with Crippen LogP contribution in [0, 0.1) is 0 Å². The van der Waals surface area contributed by atoms with Crippen LogP contribution in [0.15, 0.2) is 60.8 Å². The number of aromatic nitrogens is 2. The fraction of sp³-hybridized carbons (Fsp3) is 0.304. The molecule has 0 aliphatic carbocycles. The summed E-state index contributed by atoms with van der Waals surface area (Å²) in [5, 5.41) is 8.15. The maximum atomic E-state index is 13.0. The molecule has 1 aromatic heterocycles. The van der Waals surface area contributed by atoms with Gasteiger partial charge in [0.15, 0.2) is 0 Å². The average Bonchev–Trinajstić information content (AvgIpc) is 3.18. The largest absolute Gasteiger partial charge is 0.497 e. The van der Waals surface area contributed by atoms with E-state index >= 15 is 0 Å². The quantitative estimate of drug-likeness (QED) is 0.679. The molecular formula is C23H27ClN4O2. The monoisotopic (exact) mass is 426 g/mol. The average molecular weight is 427 g/mol. The first-order valence-corrected chi connectivity index (χ1v) is 9.94. The van der Waals surface area contributed by atoms with Gasteiger partial charge in [-0.05, 0) is 43.3 Å². The molecule has 3 aromatic rings. The van der Waals surface area contributed by atoms with Gasteiger partial charge in [0, 0.05) is 43.0 Å². The summed E-state index contributed by atoms with van der Waals surface area (Å²) in [4.78, 5) is 15.0. The maximum Gasteiger partial charge on any atom is 0.227 e. The summed E-state index contributed by atoms with van der Waals surface area (Å²) in [5.41, 5.74) is 3.69. The van der Waals surface area contributed by atoms with Crippen molar-refractivity contribution in [2.75, 3.05) is 26.7 Å². The van der Waals surface area contributed by atoms with Crippen LogP contribution in [0.25, 0.3) is 16.9 Å². The third-order valence-corrected chi connectivity index (χ3v) is 5.34. The third kappa shape index (κ3) is 4.66. The molecule has 1 fully saturated rings. The van der Waals surface area contributed by atoms with E-state index in [4.69, 9.17) is 9.84 Å². The second-order valence-electron chi connectivity index (χ2n) is 7.33. The first kappa shape index (κ1) is 21.9. The number of nitrogens with zero attached hydrogens (tertiary/aromatic N) is 3. The fourth-order valence-electron chi connectivity index (χ4n) is 3.72. The molecule has 7 heteroatoms. The van der Waals surface area contributed by atoms with Gasteiger partial charge in [-0.3, -0.25) is 4.79 Å². The number of piperazine rings is 1. The van der Waals surface area contributed by atoms with Crippen molar-refractivity contribution in [1.82, 2.24) is 20.0 Å².